The number of aryl methyl sites for hydroxylation is 1. The van der Waals surface area contributed by atoms with Gasteiger partial charge in [-0.05, 0) is 25.7 Å². The van der Waals surface area contributed by atoms with Crippen molar-refractivity contribution in [3.8, 4) is 6.07 Å². The van der Waals surface area contributed by atoms with Gasteiger partial charge < -0.3 is 4.57 Å². The summed E-state index contributed by atoms with van der Waals surface area (Å²) in [5.41, 5.74) is 0. The highest BCUT2D eigenvalue weighted by molar-refractivity contribution is 7.99. The largest absolute Gasteiger partial charge is 0.306 e. The van der Waals surface area contributed by atoms with Crippen LogP contribution in [-0.4, -0.2) is 32.6 Å². The molecule has 102 valence electrons. The Balaban J connectivity index is 1.60. The molecule has 0 spiro atoms. The quantitative estimate of drug-likeness (QED) is 0.830. The maximum atomic E-state index is 9.15. The molecule has 3 rings (SSSR count). The molecule has 2 aliphatic rings. The molecule has 0 bridgehead atoms. The first-order valence-electron chi connectivity index (χ1n) is 7.07. The van der Waals surface area contributed by atoms with Crippen LogP contribution in [0.5, 0.6) is 0 Å². The Hall–Kier alpha value is -1.06. The van der Waals surface area contributed by atoms with E-state index in [1.165, 1.54) is 32.1 Å². The number of hydrogen-bond donors (Lipinski definition) is 1. The van der Waals surface area contributed by atoms with E-state index in [4.69, 9.17) is 5.26 Å². The second-order valence-electron chi connectivity index (χ2n) is 5.29. The average Bonchev–Trinajstić information content (AvgIpc) is 3.21. The Morgan fingerprint density at radius 3 is 3.05 bits per heavy atom. The number of nitrogens with zero attached hydrogens (tertiary/aromatic N) is 4. The number of nitriles is 1. The molecule has 0 amide bonds. The minimum atomic E-state index is -0.0729. The third-order valence-corrected chi connectivity index (χ3v) is 4.68. The summed E-state index contributed by atoms with van der Waals surface area (Å²) in [4.78, 5) is 0. The fourth-order valence-corrected chi connectivity index (χ4v) is 3.32. The summed E-state index contributed by atoms with van der Waals surface area (Å²) in [6, 6.07) is 2.84. The third-order valence-electron chi connectivity index (χ3n) is 3.62. The fourth-order valence-electron chi connectivity index (χ4n) is 2.38. The first kappa shape index (κ1) is 12.9. The Labute approximate surface area is 117 Å². The van der Waals surface area contributed by atoms with Crippen molar-refractivity contribution in [3.05, 3.63) is 5.82 Å². The van der Waals surface area contributed by atoms with Crippen molar-refractivity contribution in [1.29, 1.82) is 5.26 Å². The second-order valence-corrected chi connectivity index (χ2v) is 6.28. The van der Waals surface area contributed by atoms with Gasteiger partial charge in [-0.15, -0.1) is 10.2 Å². The maximum Gasteiger partial charge on any atom is 0.191 e. The van der Waals surface area contributed by atoms with Crippen molar-refractivity contribution in [3.63, 3.8) is 0 Å². The molecule has 1 aliphatic carbocycles. The SMILES string of the molecule is N#CC(CSc1nnc2n1CCCCC2)NC1CC1. The van der Waals surface area contributed by atoms with Crippen LogP contribution in [0.25, 0.3) is 0 Å². The molecule has 1 aromatic rings. The number of nitrogens with one attached hydrogen (secondary N) is 1. The van der Waals surface area contributed by atoms with E-state index in [0.717, 1.165) is 29.7 Å². The Morgan fingerprint density at radius 1 is 1.37 bits per heavy atom. The number of fused-ring (bicyclic) bond motifs is 1. The van der Waals surface area contributed by atoms with Crippen LogP contribution < -0.4 is 5.32 Å². The normalized spacial score (nSPS) is 20.4. The predicted octanol–water partition coefficient (Wildman–Crippen LogP) is 1.74. The molecule has 1 atom stereocenters. The lowest BCUT2D eigenvalue weighted by atomic mass is 10.2. The highest BCUT2D eigenvalue weighted by Crippen LogP contribution is 2.24. The molecule has 0 radical (unpaired) electrons. The van der Waals surface area contributed by atoms with Crippen LogP contribution in [0.3, 0.4) is 0 Å². The number of aromatic nitrogens is 3. The predicted molar refractivity (Wildman–Crippen MR) is 73.9 cm³/mol. The number of hydrogen-bond acceptors (Lipinski definition) is 5. The lowest BCUT2D eigenvalue weighted by Crippen LogP contribution is -2.31. The summed E-state index contributed by atoms with van der Waals surface area (Å²) in [5, 5.41) is 22.0. The molecule has 0 aromatic carbocycles. The Kier molecular flexibility index (Phi) is 4.04. The summed E-state index contributed by atoms with van der Waals surface area (Å²) in [6.07, 6.45) is 7.16. The topological polar surface area (TPSA) is 66.5 Å². The molecule has 19 heavy (non-hydrogen) atoms. The van der Waals surface area contributed by atoms with Crippen molar-refractivity contribution >= 4 is 11.8 Å². The Morgan fingerprint density at radius 2 is 2.26 bits per heavy atom. The first-order chi connectivity index (χ1) is 9.36. The molecule has 5 nitrogen and oxygen atoms in total. The van der Waals surface area contributed by atoms with Crippen LogP contribution in [0.15, 0.2) is 5.16 Å². The monoisotopic (exact) mass is 277 g/mol. The zero-order chi connectivity index (χ0) is 13.1. The fraction of sp³-hybridized carbons (Fsp3) is 0.769. The molecule has 1 unspecified atom stereocenters. The van der Waals surface area contributed by atoms with Crippen LogP contribution >= 0.6 is 11.8 Å². The van der Waals surface area contributed by atoms with Gasteiger partial charge in [0.05, 0.1) is 6.07 Å². The Bertz CT molecular complexity index is 474. The molecule has 1 aromatic heterocycles. The minimum Gasteiger partial charge on any atom is -0.306 e. The summed E-state index contributed by atoms with van der Waals surface area (Å²) in [7, 11) is 0. The summed E-state index contributed by atoms with van der Waals surface area (Å²) >= 11 is 1.66. The van der Waals surface area contributed by atoms with Crippen molar-refractivity contribution in [2.24, 2.45) is 0 Å². The number of thioether (sulfide) groups is 1. The van der Waals surface area contributed by atoms with E-state index in [9.17, 15) is 0 Å². The van der Waals surface area contributed by atoms with Gasteiger partial charge in [-0.3, -0.25) is 5.32 Å². The van der Waals surface area contributed by atoms with E-state index in [1.54, 1.807) is 11.8 Å². The van der Waals surface area contributed by atoms with Gasteiger partial charge in [0.2, 0.25) is 0 Å². The van der Waals surface area contributed by atoms with E-state index >= 15 is 0 Å². The van der Waals surface area contributed by atoms with Crippen LogP contribution in [0.4, 0.5) is 0 Å². The van der Waals surface area contributed by atoms with Crippen molar-refractivity contribution < 1.29 is 0 Å². The van der Waals surface area contributed by atoms with E-state index < -0.39 is 0 Å². The zero-order valence-electron chi connectivity index (χ0n) is 11.0. The molecule has 2 heterocycles. The number of rotatable bonds is 5. The average molecular weight is 277 g/mol. The third kappa shape index (κ3) is 3.28. The van der Waals surface area contributed by atoms with Gasteiger partial charge in [0.1, 0.15) is 11.9 Å². The molecule has 1 N–H and O–H groups in total. The van der Waals surface area contributed by atoms with Crippen LogP contribution in [0.2, 0.25) is 0 Å². The van der Waals surface area contributed by atoms with Gasteiger partial charge in [0.15, 0.2) is 5.16 Å². The van der Waals surface area contributed by atoms with Crippen LogP contribution in [-0.2, 0) is 13.0 Å². The van der Waals surface area contributed by atoms with Crippen LogP contribution in [0.1, 0.15) is 37.9 Å². The zero-order valence-corrected chi connectivity index (χ0v) is 11.8. The van der Waals surface area contributed by atoms with E-state index in [0.29, 0.717) is 6.04 Å². The molecule has 1 aliphatic heterocycles. The smallest absolute Gasteiger partial charge is 0.191 e. The lowest BCUT2D eigenvalue weighted by molar-refractivity contribution is 0.589. The van der Waals surface area contributed by atoms with E-state index in [2.05, 4.69) is 26.2 Å². The highest BCUT2D eigenvalue weighted by Gasteiger charge is 2.25. The molecular formula is C13H19N5S. The van der Waals surface area contributed by atoms with E-state index in [-0.39, 0.29) is 6.04 Å². The molecule has 1 saturated carbocycles. The molecule has 6 heteroatoms. The highest BCUT2D eigenvalue weighted by atomic mass is 32.2. The standard InChI is InChI=1S/C13H19N5S/c14-8-11(15-10-5-6-10)9-19-13-17-16-12-4-2-1-3-7-18(12)13/h10-11,15H,1-7,9H2. The summed E-state index contributed by atoms with van der Waals surface area (Å²) in [6.45, 7) is 1.03. The summed E-state index contributed by atoms with van der Waals surface area (Å²) < 4.78 is 2.24. The minimum absolute atomic E-state index is 0.0729. The van der Waals surface area contributed by atoms with Gasteiger partial charge in [-0.1, -0.05) is 18.2 Å². The van der Waals surface area contributed by atoms with Crippen molar-refractivity contribution in [2.45, 2.75) is 62.3 Å². The maximum absolute atomic E-state index is 9.15. The van der Waals surface area contributed by atoms with Crippen LogP contribution in [0, 0.1) is 11.3 Å². The van der Waals surface area contributed by atoms with Crippen molar-refractivity contribution in [2.75, 3.05) is 5.75 Å². The molecule has 0 saturated heterocycles. The van der Waals surface area contributed by atoms with Gasteiger partial charge in [-0.2, -0.15) is 5.26 Å². The van der Waals surface area contributed by atoms with Gasteiger partial charge in [0, 0.05) is 24.8 Å². The molecular weight excluding hydrogens is 258 g/mol. The van der Waals surface area contributed by atoms with Gasteiger partial charge in [0.25, 0.3) is 0 Å². The van der Waals surface area contributed by atoms with Gasteiger partial charge >= 0.3 is 0 Å². The van der Waals surface area contributed by atoms with E-state index in [1.807, 2.05) is 0 Å². The van der Waals surface area contributed by atoms with Gasteiger partial charge in [-0.25, -0.2) is 0 Å². The summed E-state index contributed by atoms with van der Waals surface area (Å²) in [5.74, 6) is 1.87. The first-order valence-corrected chi connectivity index (χ1v) is 8.06. The lowest BCUT2D eigenvalue weighted by Gasteiger charge is -2.10. The van der Waals surface area contributed by atoms with Crippen molar-refractivity contribution in [1.82, 2.24) is 20.1 Å². The second kappa shape index (κ2) is 5.93. The molecule has 1 fully saturated rings.